The maximum absolute atomic E-state index is 14.4. The number of amides is 3. The van der Waals surface area contributed by atoms with Gasteiger partial charge < -0.3 is 34.4 Å². The smallest absolute Gasteiger partial charge is 0.335 e. The minimum atomic E-state index is -1.02. The summed E-state index contributed by atoms with van der Waals surface area (Å²) in [5.74, 6) is 1.29. The molecule has 4 heterocycles. The Morgan fingerprint density at radius 2 is 0.857 bits per heavy atom. The third-order valence-corrected chi connectivity index (χ3v) is 27.1. The first-order chi connectivity index (χ1) is 60.2. The molecule has 16 rings (SSSR count). The zero-order chi connectivity index (χ0) is 90.1. The van der Waals surface area contributed by atoms with E-state index in [1.807, 2.05) is 215 Å². The molecule has 17 nitrogen and oxygen atoms in total. The number of carbonyl (C=O) groups excluding carboxylic acids is 3. The number of nitrogens with one attached hydrogen (secondary N) is 1. The SMILES string of the molecule is Cc1cc(OCCCC2=C(C(=O)N3CCc4ccc(C(=O)O)cc43)Cc3c2ccc(Cl)c3-c2c(C)nn(C)c2C)cc(C)c1Cl.Cc1cccc(N(C)C(=O)C2=C(CCCOc3cc(C)c(Cl)c(C)c3)c3cccc(-c4c(C)nn(C)c4C)c3C2)c1.Cc1cccc(NC(=O)C2=C(CCCOc3cc(C)c(Cl)c(C)c3)c3cccc(-c4c(C)nn(C)c4C)c3C2)c1. The highest BCUT2D eigenvalue weighted by Gasteiger charge is 2.38. The number of carboxylic acids is 1. The van der Waals surface area contributed by atoms with E-state index < -0.39 is 5.97 Å². The molecule has 21 heteroatoms. The summed E-state index contributed by atoms with van der Waals surface area (Å²) in [4.78, 5) is 57.5. The minimum Gasteiger partial charge on any atom is -0.494 e. The predicted octanol–water partition coefficient (Wildman–Crippen LogP) is 24.3. The fourth-order valence-corrected chi connectivity index (χ4v) is 19.1. The van der Waals surface area contributed by atoms with Crippen LogP contribution in [0, 0.1) is 96.9 Å². The lowest BCUT2D eigenvalue weighted by Gasteiger charge is -2.20. The summed E-state index contributed by atoms with van der Waals surface area (Å²) < 4.78 is 24.1. The summed E-state index contributed by atoms with van der Waals surface area (Å²) in [5.41, 5.74) is 36.6. The second-order valence-electron chi connectivity index (χ2n) is 33.9. The van der Waals surface area contributed by atoms with Crippen molar-refractivity contribution in [3.05, 3.63) is 312 Å². The van der Waals surface area contributed by atoms with Crippen molar-refractivity contribution in [2.24, 2.45) is 21.1 Å². The van der Waals surface area contributed by atoms with E-state index in [-0.39, 0.29) is 23.3 Å². The maximum atomic E-state index is 14.4. The highest BCUT2D eigenvalue weighted by molar-refractivity contribution is 6.34. The largest absolute Gasteiger partial charge is 0.494 e. The van der Waals surface area contributed by atoms with Crippen molar-refractivity contribution in [2.45, 2.75) is 161 Å². The van der Waals surface area contributed by atoms with Crippen molar-refractivity contribution in [1.82, 2.24) is 29.3 Å². The lowest BCUT2D eigenvalue weighted by molar-refractivity contribution is -0.115. The molecule has 0 radical (unpaired) electrons. The van der Waals surface area contributed by atoms with Crippen molar-refractivity contribution < 1.29 is 38.5 Å². The fraction of sp³-hybridized carbons (Fsp3) is 0.305. The zero-order valence-corrected chi connectivity index (χ0v) is 78.3. The highest BCUT2D eigenvalue weighted by atomic mass is 35.5. The van der Waals surface area contributed by atoms with Crippen molar-refractivity contribution in [3.8, 4) is 50.6 Å². The van der Waals surface area contributed by atoms with Crippen LogP contribution < -0.4 is 29.3 Å². The molecule has 3 aliphatic carbocycles. The predicted molar refractivity (Wildman–Crippen MR) is 512 cm³/mol. The number of likely N-dealkylation sites (N-methyl/N-ethyl adjacent to an activating group) is 1. The topological polar surface area (TPSA) is 188 Å². The van der Waals surface area contributed by atoms with Gasteiger partial charge in [-0.15, -0.1) is 0 Å². The number of aryl methyl sites for hydroxylation is 14. The number of ether oxygens (including phenoxy) is 3. The van der Waals surface area contributed by atoms with Gasteiger partial charge in [0, 0.05) is 147 Å². The molecule has 3 aromatic heterocycles. The molecular formula is C105H109Cl4N9O8. The number of halogens is 4. The van der Waals surface area contributed by atoms with Gasteiger partial charge in [-0.25, -0.2) is 4.79 Å². The van der Waals surface area contributed by atoms with Gasteiger partial charge in [-0.2, -0.15) is 15.3 Å². The molecule has 9 aromatic carbocycles. The van der Waals surface area contributed by atoms with Crippen LogP contribution >= 0.6 is 46.4 Å². The van der Waals surface area contributed by atoms with Gasteiger partial charge in [-0.3, -0.25) is 28.4 Å². The van der Waals surface area contributed by atoms with Crippen LogP contribution in [-0.4, -0.2) is 91.6 Å². The number of fused-ring (bicyclic) bond motifs is 4. The van der Waals surface area contributed by atoms with E-state index in [1.54, 1.807) is 21.9 Å². The molecule has 4 aliphatic rings. The Morgan fingerprint density at radius 3 is 1.31 bits per heavy atom. The van der Waals surface area contributed by atoms with E-state index in [4.69, 9.17) is 60.6 Å². The Balaban J connectivity index is 0.000000154. The fourth-order valence-electron chi connectivity index (χ4n) is 18.5. The summed E-state index contributed by atoms with van der Waals surface area (Å²) >= 11 is 25.9. The van der Waals surface area contributed by atoms with Gasteiger partial charge in [-0.1, -0.05) is 119 Å². The van der Waals surface area contributed by atoms with E-state index in [9.17, 15) is 24.3 Å². The highest BCUT2D eigenvalue weighted by Crippen LogP contribution is 2.49. The third-order valence-electron chi connectivity index (χ3n) is 25.0. The molecule has 12 aromatic rings. The number of carbonyl (C=O) groups is 4. The van der Waals surface area contributed by atoms with Gasteiger partial charge in [0.1, 0.15) is 17.2 Å². The number of anilines is 3. The first-order valence-electron chi connectivity index (χ1n) is 43.0. The number of benzene rings is 9. The Morgan fingerprint density at radius 1 is 0.444 bits per heavy atom. The van der Waals surface area contributed by atoms with Crippen molar-refractivity contribution in [2.75, 3.05) is 48.5 Å². The van der Waals surface area contributed by atoms with E-state index in [0.717, 1.165) is 237 Å². The Kier molecular flexibility index (Phi) is 27.5. The number of nitrogens with zero attached hydrogens (tertiary/aromatic N) is 8. The molecule has 0 spiro atoms. The molecule has 0 fully saturated rings. The number of hydrogen-bond acceptors (Lipinski definition) is 10. The van der Waals surface area contributed by atoms with Crippen LogP contribution in [0.5, 0.6) is 17.2 Å². The quantitative estimate of drug-likeness (QED) is 0.0548. The number of hydrogen-bond donors (Lipinski definition) is 2. The van der Waals surface area contributed by atoms with E-state index >= 15 is 0 Å². The molecular weight excluding hydrogens is 1660 g/mol. The van der Waals surface area contributed by atoms with Crippen LogP contribution in [-0.2, 0) is 61.2 Å². The van der Waals surface area contributed by atoms with E-state index in [1.165, 1.54) is 11.1 Å². The number of aromatic nitrogens is 6. The lowest BCUT2D eigenvalue weighted by Crippen LogP contribution is -2.31. The normalized spacial score (nSPS) is 13.0. The molecule has 0 saturated heterocycles. The second-order valence-corrected chi connectivity index (χ2v) is 35.4. The first kappa shape index (κ1) is 90.5. The second kappa shape index (κ2) is 38.2. The molecule has 0 saturated carbocycles. The van der Waals surface area contributed by atoms with Crippen LogP contribution in [0.25, 0.3) is 50.1 Å². The van der Waals surface area contributed by atoms with Gasteiger partial charge in [-0.05, 0) is 332 Å². The van der Waals surface area contributed by atoms with Gasteiger partial charge in [0.2, 0.25) is 0 Å². The summed E-state index contributed by atoms with van der Waals surface area (Å²) in [7, 11) is 7.74. The van der Waals surface area contributed by atoms with Crippen LogP contribution in [0.15, 0.2) is 168 Å². The van der Waals surface area contributed by atoms with Crippen molar-refractivity contribution in [1.29, 1.82) is 0 Å². The lowest BCUT2D eigenvalue weighted by atomic mass is 9.93. The van der Waals surface area contributed by atoms with E-state index in [0.29, 0.717) is 81.2 Å². The van der Waals surface area contributed by atoms with Crippen LogP contribution in [0.4, 0.5) is 17.1 Å². The minimum absolute atomic E-state index is 0.0391. The van der Waals surface area contributed by atoms with Crippen molar-refractivity contribution >= 4 is 104 Å². The van der Waals surface area contributed by atoms with Crippen LogP contribution in [0.3, 0.4) is 0 Å². The van der Waals surface area contributed by atoms with E-state index in [2.05, 4.69) is 83.8 Å². The van der Waals surface area contributed by atoms with Crippen molar-refractivity contribution in [3.63, 3.8) is 0 Å². The number of rotatable bonds is 24. The third kappa shape index (κ3) is 18.8. The number of aromatic carboxylic acids is 1. The molecule has 0 unspecified atom stereocenters. The number of carboxylic acid groups (broad SMARTS) is 1. The zero-order valence-electron chi connectivity index (χ0n) is 75.2. The molecule has 3 amide bonds. The van der Waals surface area contributed by atoms with Gasteiger partial charge in [0.05, 0.1) is 42.5 Å². The molecule has 0 atom stereocenters. The number of allylic oxidation sites excluding steroid dienone is 3. The molecule has 126 heavy (non-hydrogen) atoms. The van der Waals surface area contributed by atoms with Gasteiger partial charge in [0.25, 0.3) is 17.7 Å². The summed E-state index contributed by atoms with van der Waals surface area (Å²) in [6, 6.07) is 49.6. The molecule has 650 valence electrons. The Hall–Kier alpha value is -11.7. The van der Waals surface area contributed by atoms with Gasteiger partial charge >= 0.3 is 5.97 Å². The summed E-state index contributed by atoms with van der Waals surface area (Å²) in [6.07, 6.45) is 6.66. The molecule has 1 aliphatic heterocycles. The monoisotopic (exact) mass is 1760 g/mol. The summed E-state index contributed by atoms with van der Waals surface area (Å²) in [6.45, 7) is 30.4. The van der Waals surface area contributed by atoms with Gasteiger partial charge in [0.15, 0.2) is 0 Å². The molecule has 0 bridgehead atoms. The maximum Gasteiger partial charge on any atom is 0.335 e. The van der Waals surface area contributed by atoms with Crippen LogP contribution in [0.1, 0.15) is 166 Å². The summed E-state index contributed by atoms with van der Waals surface area (Å²) in [5, 5.41) is 29.7. The first-order valence-corrected chi connectivity index (χ1v) is 44.5. The Labute approximate surface area is 759 Å². The average Bonchev–Trinajstić information content (AvgIpc) is 1.60. The Bertz CT molecular complexity index is 6400. The van der Waals surface area contributed by atoms with Crippen LogP contribution in [0.2, 0.25) is 20.1 Å². The standard InChI is InChI=1S/C36H35Cl2N3O4.C35H38ClN3O2.C34H36ClN3O2/c1-19-15-25(16-20(2)34(19)38)45-14-6-7-26-27-10-11-30(37)33(32-21(3)39-40(5)22(32)4)28(27)18-29(26)35(42)41-13-12-23-8-9-24(36(43)44)17-31(23)41;1-21-11-8-12-26(17-21)38(6)35(40)32-20-31-28(13-9-14-30(31)33-24(4)37-39(7)25(33)5)29(32)15-10-16-41-27-18-22(2)34(36)23(3)19-27;1-20-10-7-11-25(16-20)36-34(39)31-19-30-27(12-8-13-29(30)32-23(4)37-38(6)24(32)5)28(31)14-9-15-40-26-17-21(2)33(35)22(3)18-26/h8-11,15-17H,6-7,12-14,18H2,1-5H3,(H,43,44);8-9,11-14,17-19H,10,15-16,20H2,1-7H3;7-8,10-13,16-18H,9,14-15,19H2,1-6H3,(H,36,39). The molecule has 2 N–H and O–H groups in total. The average molecular weight is 1770 g/mol.